The number of ether oxygens (including phenoxy) is 2. The molecule has 0 bridgehead atoms. The number of unbranched alkanes of at least 4 members (excludes halogenated alkanes) is 1. The molecule has 167 valence electrons. The Hall–Kier alpha value is -0.746. The number of halogens is 1. The summed E-state index contributed by atoms with van der Waals surface area (Å²) in [5.41, 5.74) is 1.74. The monoisotopic (exact) mass is 522 g/mol. The number of esters is 1. The van der Waals surface area contributed by atoms with Crippen LogP contribution in [0.3, 0.4) is 0 Å². The summed E-state index contributed by atoms with van der Waals surface area (Å²) < 4.78 is 10.9. The van der Waals surface area contributed by atoms with Gasteiger partial charge in [-0.05, 0) is 50.7 Å². The number of hydrogen-bond donors (Lipinski definition) is 1. The number of aliphatic hydroxyl groups is 1. The van der Waals surface area contributed by atoms with Crippen molar-refractivity contribution in [3.63, 3.8) is 0 Å². The molecular weight excluding hydrogens is 493 g/mol. The van der Waals surface area contributed by atoms with E-state index >= 15 is 0 Å². The van der Waals surface area contributed by atoms with Crippen LogP contribution in [-0.4, -0.2) is 41.6 Å². The smallest absolute Gasteiger partial charge is 0.303 e. The molecule has 0 spiro atoms. The first-order chi connectivity index (χ1) is 14.5. The summed E-state index contributed by atoms with van der Waals surface area (Å²) in [5, 5.41) is 10.4. The second-order valence-electron chi connectivity index (χ2n) is 7.98. The van der Waals surface area contributed by atoms with Crippen molar-refractivity contribution in [2.45, 2.75) is 56.4 Å². The molecule has 1 aromatic carbocycles. The maximum atomic E-state index is 11.9. The summed E-state index contributed by atoms with van der Waals surface area (Å²) >= 11 is 6.52. The van der Waals surface area contributed by atoms with Gasteiger partial charge in [-0.25, -0.2) is 0 Å². The van der Waals surface area contributed by atoms with E-state index in [1.807, 2.05) is 18.2 Å². The number of ketones is 1. The maximum absolute atomic E-state index is 11.9. The van der Waals surface area contributed by atoms with E-state index in [1.54, 1.807) is 0 Å². The fourth-order valence-corrected chi connectivity index (χ4v) is 4.86. The Balaban J connectivity index is 0.00000341. The molecule has 0 saturated heterocycles. The molecule has 1 radical (unpaired) electrons. The first kappa shape index (κ1) is 26.5. The average molecular weight is 523 g/mol. The van der Waals surface area contributed by atoms with Crippen LogP contribution in [0.5, 0.6) is 5.75 Å². The van der Waals surface area contributed by atoms with Crippen molar-refractivity contribution in [2.75, 3.05) is 13.2 Å². The largest absolute Gasteiger partial charge is 0.499 e. The predicted molar refractivity (Wildman–Crippen MR) is 116 cm³/mol. The topological polar surface area (TPSA) is 72.8 Å². The van der Waals surface area contributed by atoms with E-state index in [0.29, 0.717) is 32.3 Å². The van der Waals surface area contributed by atoms with Crippen LogP contribution in [0, 0.1) is 18.8 Å². The number of alkyl halides is 1. The number of benzene rings is 1. The Morgan fingerprint density at radius 2 is 2.06 bits per heavy atom. The van der Waals surface area contributed by atoms with Crippen LogP contribution in [-0.2, 0) is 48.7 Å². The maximum Gasteiger partial charge on any atom is 0.303 e. The fourth-order valence-electron chi connectivity index (χ4n) is 4.39. The van der Waals surface area contributed by atoms with Crippen molar-refractivity contribution in [1.29, 1.82) is 0 Å². The van der Waals surface area contributed by atoms with E-state index in [-0.39, 0.29) is 68.3 Å². The molecule has 1 N–H and O–H groups in total. The molecule has 3 rings (SSSR count). The van der Waals surface area contributed by atoms with E-state index in [4.69, 9.17) is 21.1 Å². The van der Waals surface area contributed by atoms with Crippen molar-refractivity contribution >= 4 is 23.4 Å². The van der Waals surface area contributed by atoms with E-state index < -0.39 is 6.10 Å². The zero-order valence-electron chi connectivity index (χ0n) is 17.8. The molecule has 0 amide bonds. The average Bonchev–Trinajstić information content (AvgIpc) is 3.22. The third-order valence-corrected chi connectivity index (χ3v) is 6.53. The first-order valence-corrected chi connectivity index (χ1v) is 11.1. The van der Waals surface area contributed by atoms with Gasteiger partial charge in [0.15, 0.2) is 5.78 Å². The fraction of sp³-hybridized carbons (Fsp3) is 0.542. The van der Waals surface area contributed by atoms with Crippen molar-refractivity contribution in [3.05, 3.63) is 48.4 Å². The van der Waals surface area contributed by atoms with Gasteiger partial charge in [-0.2, -0.15) is 0 Å². The van der Waals surface area contributed by atoms with Crippen LogP contribution < -0.4 is 4.74 Å². The van der Waals surface area contributed by atoms with Crippen LogP contribution in [0.4, 0.5) is 0 Å². The Morgan fingerprint density at radius 1 is 1.26 bits per heavy atom. The Kier molecular flexibility index (Phi) is 11.2. The number of allylic oxidation sites excluding steroid dienone is 2. The van der Waals surface area contributed by atoms with Crippen molar-refractivity contribution < 1.29 is 56.9 Å². The van der Waals surface area contributed by atoms with Gasteiger partial charge in [0.05, 0.1) is 12.7 Å². The molecule has 31 heavy (non-hydrogen) atoms. The quantitative estimate of drug-likeness (QED) is 0.163. The molecule has 1 saturated carbocycles. The van der Waals surface area contributed by atoms with Gasteiger partial charge in [0.1, 0.15) is 5.75 Å². The van der Waals surface area contributed by atoms with Gasteiger partial charge >= 0.3 is 5.97 Å². The molecule has 1 aromatic rings. The van der Waals surface area contributed by atoms with Gasteiger partial charge in [-0.3, -0.25) is 9.59 Å². The molecule has 0 heterocycles. The number of carbonyl (C=O) groups excluding carboxylic acids is 2. The molecule has 0 aliphatic heterocycles. The van der Waals surface area contributed by atoms with E-state index in [9.17, 15) is 14.7 Å². The third-order valence-electron chi connectivity index (χ3n) is 6.03. The number of aliphatic hydroxyl groups excluding tert-OH is 1. The van der Waals surface area contributed by atoms with Gasteiger partial charge in [-0.1, -0.05) is 24.3 Å². The van der Waals surface area contributed by atoms with E-state index in [0.717, 1.165) is 36.1 Å². The Morgan fingerprint density at radius 3 is 2.84 bits per heavy atom. The van der Waals surface area contributed by atoms with Gasteiger partial charge < -0.3 is 21.5 Å². The summed E-state index contributed by atoms with van der Waals surface area (Å²) in [6.07, 6.45) is 8.11. The molecular formula is C24H30ClO5Y-. The third kappa shape index (κ3) is 7.12. The summed E-state index contributed by atoms with van der Waals surface area (Å²) in [6.45, 7) is 4.03. The van der Waals surface area contributed by atoms with Gasteiger partial charge in [-0.15, -0.1) is 11.6 Å². The molecule has 5 nitrogen and oxygen atoms in total. The minimum absolute atomic E-state index is 0. The summed E-state index contributed by atoms with van der Waals surface area (Å²) in [4.78, 5) is 23.3. The van der Waals surface area contributed by atoms with Crippen LogP contribution in [0.2, 0.25) is 0 Å². The molecule has 0 aromatic heterocycles. The minimum Gasteiger partial charge on any atom is -0.499 e. The SMILES string of the molecule is [CH2-]COC(=O)CCC/C=C\C[C@@H]1[C@@H](COc2cccc3c2CCC3=O)[C@H](O)C[C@H]1Cl.[Y]. The standard InChI is InChI=1S/C24H30ClO5.Y/c1-2-29-24(28)11-6-4-3-5-8-16-19(22(27)14-20(16)25)15-30-23-10-7-9-17-18(23)12-13-21(17)26;/h3,5,7,9-10,16,19-20,22,27H,1-2,4,6,8,11-15H2;/q-1;/b5-3-;/t16-,19-,20-,22-;/m1./s1. The van der Waals surface area contributed by atoms with Crippen LogP contribution in [0.15, 0.2) is 30.4 Å². The number of rotatable bonds is 10. The molecule has 7 heteroatoms. The van der Waals surface area contributed by atoms with Crippen molar-refractivity contribution in [2.24, 2.45) is 11.8 Å². The number of hydrogen-bond acceptors (Lipinski definition) is 5. The Bertz CT molecular complexity index is 781. The predicted octanol–water partition coefficient (Wildman–Crippen LogP) is 4.29. The van der Waals surface area contributed by atoms with E-state index in [1.165, 1.54) is 0 Å². The zero-order valence-corrected chi connectivity index (χ0v) is 21.4. The summed E-state index contributed by atoms with van der Waals surface area (Å²) in [7, 11) is 0. The second-order valence-corrected chi connectivity index (χ2v) is 8.54. The number of Topliss-reactive ketones (excluding diaryl/α,β-unsaturated/α-hetero) is 1. The van der Waals surface area contributed by atoms with Gasteiger partial charge in [0.25, 0.3) is 0 Å². The number of fused-ring (bicyclic) bond motifs is 1. The van der Waals surface area contributed by atoms with Crippen LogP contribution in [0.1, 0.15) is 54.4 Å². The van der Waals surface area contributed by atoms with Crippen LogP contribution >= 0.6 is 11.6 Å². The number of carbonyl (C=O) groups is 2. The first-order valence-electron chi connectivity index (χ1n) is 10.7. The summed E-state index contributed by atoms with van der Waals surface area (Å²) in [5.74, 6) is 0.751. The molecule has 1 fully saturated rings. The van der Waals surface area contributed by atoms with Gasteiger partial charge in [0.2, 0.25) is 0 Å². The normalized spacial score (nSPS) is 24.8. The van der Waals surface area contributed by atoms with Gasteiger partial charge in [0, 0.05) is 68.0 Å². The zero-order chi connectivity index (χ0) is 21.5. The minimum atomic E-state index is -0.498. The van der Waals surface area contributed by atoms with E-state index in [2.05, 4.69) is 19.1 Å². The molecule has 0 unspecified atom stereocenters. The molecule has 2 aliphatic carbocycles. The molecule has 2 aliphatic rings. The van der Waals surface area contributed by atoms with Crippen molar-refractivity contribution in [1.82, 2.24) is 0 Å². The Labute approximate surface area is 214 Å². The van der Waals surface area contributed by atoms with Crippen LogP contribution in [0.25, 0.3) is 0 Å². The van der Waals surface area contributed by atoms with Crippen molar-refractivity contribution in [3.8, 4) is 5.75 Å². The summed E-state index contributed by atoms with van der Waals surface area (Å²) in [6, 6.07) is 5.59. The molecule has 4 atom stereocenters. The second kappa shape index (κ2) is 13.1.